The predicted molar refractivity (Wildman–Crippen MR) is 96.5 cm³/mol. The highest BCUT2D eigenvalue weighted by Gasteiger charge is 2.16. The van der Waals surface area contributed by atoms with Gasteiger partial charge in [-0.2, -0.15) is 0 Å². The Morgan fingerprint density at radius 1 is 1.17 bits per heavy atom. The molecule has 0 fully saturated rings. The number of hydrogen-bond donors (Lipinski definition) is 1. The third-order valence-electron chi connectivity index (χ3n) is 3.53. The van der Waals surface area contributed by atoms with Crippen LogP contribution in [-0.2, 0) is 16.1 Å². The summed E-state index contributed by atoms with van der Waals surface area (Å²) in [4.78, 5) is 25.7. The molecule has 2 aromatic carbocycles. The maximum Gasteiger partial charge on any atom is 0.340 e. The highest BCUT2D eigenvalue weighted by Crippen LogP contribution is 2.19. The van der Waals surface area contributed by atoms with E-state index < -0.39 is 5.97 Å². The first kappa shape index (κ1) is 18.0. The van der Waals surface area contributed by atoms with Gasteiger partial charge in [0.2, 0.25) is 0 Å². The second-order valence-electron chi connectivity index (χ2n) is 5.54. The number of hydrogen-bond acceptors (Lipinski definition) is 4. The molecule has 1 amide bonds. The fourth-order valence-corrected chi connectivity index (χ4v) is 2.44. The van der Waals surface area contributed by atoms with Crippen LogP contribution >= 0.6 is 15.9 Å². The lowest BCUT2D eigenvalue weighted by molar-refractivity contribution is -0.133. The third-order valence-corrected chi connectivity index (χ3v) is 4.02. The second-order valence-corrected chi connectivity index (χ2v) is 6.46. The zero-order valence-corrected chi connectivity index (χ0v) is 15.2. The monoisotopic (exact) mass is 390 g/mol. The molecule has 0 aromatic heterocycles. The molecular formula is C18H19BrN2O3. The lowest BCUT2D eigenvalue weighted by Gasteiger charge is -2.17. The van der Waals surface area contributed by atoms with E-state index in [1.807, 2.05) is 31.2 Å². The zero-order chi connectivity index (χ0) is 17.7. The highest BCUT2D eigenvalue weighted by atomic mass is 79.9. The van der Waals surface area contributed by atoms with Gasteiger partial charge in [-0.05, 0) is 30.7 Å². The predicted octanol–water partition coefficient (Wildman–Crippen LogP) is 3.16. The van der Waals surface area contributed by atoms with Crippen LogP contribution in [0.2, 0.25) is 0 Å². The average molecular weight is 391 g/mol. The standard InChI is InChI=1S/C18H19BrN2O3/c1-12-3-5-13(6-4-12)10-21(2)17(22)11-24-18(23)15-9-14(19)7-8-16(15)20/h3-9H,10-11,20H2,1-2H3. The molecule has 24 heavy (non-hydrogen) atoms. The van der Waals surface area contributed by atoms with E-state index in [4.69, 9.17) is 10.5 Å². The van der Waals surface area contributed by atoms with Crippen LogP contribution in [0.15, 0.2) is 46.9 Å². The number of halogens is 1. The molecule has 2 aromatic rings. The third kappa shape index (κ3) is 4.83. The van der Waals surface area contributed by atoms with E-state index in [1.165, 1.54) is 4.90 Å². The molecule has 0 aliphatic rings. The molecule has 2 rings (SSSR count). The summed E-state index contributed by atoms with van der Waals surface area (Å²) >= 11 is 3.27. The summed E-state index contributed by atoms with van der Waals surface area (Å²) in [5.41, 5.74) is 8.47. The summed E-state index contributed by atoms with van der Waals surface area (Å²) < 4.78 is 5.79. The van der Waals surface area contributed by atoms with Crippen LogP contribution in [0, 0.1) is 6.92 Å². The van der Waals surface area contributed by atoms with Crippen molar-refractivity contribution in [1.82, 2.24) is 4.90 Å². The number of likely N-dealkylation sites (N-methyl/N-ethyl adjacent to an activating group) is 1. The van der Waals surface area contributed by atoms with Gasteiger partial charge in [0.05, 0.1) is 5.56 Å². The molecule has 0 atom stereocenters. The van der Waals surface area contributed by atoms with E-state index in [0.29, 0.717) is 16.7 Å². The zero-order valence-electron chi connectivity index (χ0n) is 13.6. The minimum absolute atomic E-state index is 0.235. The lowest BCUT2D eigenvalue weighted by atomic mass is 10.1. The van der Waals surface area contributed by atoms with Gasteiger partial charge < -0.3 is 15.4 Å². The number of nitrogens with two attached hydrogens (primary N) is 1. The van der Waals surface area contributed by atoms with Gasteiger partial charge in [-0.1, -0.05) is 45.8 Å². The molecular weight excluding hydrogens is 372 g/mol. The topological polar surface area (TPSA) is 72.6 Å². The van der Waals surface area contributed by atoms with E-state index >= 15 is 0 Å². The van der Waals surface area contributed by atoms with Crippen LogP contribution in [0.5, 0.6) is 0 Å². The Kier molecular flexibility index (Phi) is 5.98. The van der Waals surface area contributed by atoms with Gasteiger partial charge >= 0.3 is 5.97 Å². The summed E-state index contributed by atoms with van der Waals surface area (Å²) in [5.74, 6) is -0.900. The Hall–Kier alpha value is -2.34. The first-order valence-corrected chi connectivity index (χ1v) is 8.18. The summed E-state index contributed by atoms with van der Waals surface area (Å²) in [6, 6.07) is 12.8. The molecule has 2 N–H and O–H groups in total. The smallest absolute Gasteiger partial charge is 0.340 e. The molecule has 5 nitrogen and oxygen atoms in total. The van der Waals surface area contributed by atoms with E-state index in [0.717, 1.165) is 11.1 Å². The SMILES string of the molecule is Cc1ccc(CN(C)C(=O)COC(=O)c2cc(Br)ccc2N)cc1. The maximum atomic E-state index is 12.1. The number of esters is 1. The van der Waals surface area contributed by atoms with E-state index in [2.05, 4.69) is 15.9 Å². The van der Waals surface area contributed by atoms with Crippen LogP contribution in [0.4, 0.5) is 5.69 Å². The van der Waals surface area contributed by atoms with Crippen molar-refractivity contribution in [2.45, 2.75) is 13.5 Å². The first-order valence-electron chi connectivity index (χ1n) is 7.38. The minimum atomic E-state index is -0.620. The molecule has 126 valence electrons. The van der Waals surface area contributed by atoms with E-state index in [9.17, 15) is 9.59 Å². The molecule has 0 heterocycles. The Morgan fingerprint density at radius 2 is 1.83 bits per heavy atom. The molecule has 0 bridgehead atoms. The van der Waals surface area contributed by atoms with Crippen LogP contribution in [-0.4, -0.2) is 30.4 Å². The van der Waals surface area contributed by atoms with Crippen molar-refractivity contribution in [3.05, 3.63) is 63.6 Å². The van der Waals surface area contributed by atoms with Crippen molar-refractivity contribution in [1.29, 1.82) is 0 Å². The van der Waals surface area contributed by atoms with E-state index in [-0.39, 0.29) is 18.1 Å². The van der Waals surface area contributed by atoms with Crippen LogP contribution < -0.4 is 5.73 Å². The molecule has 0 unspecified atom stereocenters. The molecule has 0 saturated carbocycles. The van der Waals surface area contributed by atoms with Crippen LogP contribution in [0.3, 0.4) is 0 Å². The van der Waals surface area contributed by atoms with Crippen molar-refractivity contribution < 1.29 is 14.3 Å². The Labute approximate surface area is 149 Å². The number of nitrogens with zero attached hydrogens (tertiary/aromatic N) is 1. The number of nitrogen functional groups attached to an aromatic ring is 1. The number of ether oxygens (including phenoxy) is 1. The number of aryl methyl sites for hydroxylation is 1. The number of carbonyl (C=O) groups excluding carboxylic acids is 2. The normalized spacial score (nSPS) is 10.3. The summed E-state index contributed by atoms with van der Waals surface area (Å²) in [5, 5.41) is 0. The average Bonchev–Trinajstić information content (AvgIpc) is 2.56. The first-order chi connectivity index (χ1) is 11.4. The number of anilines is 1. The van der Waals surface area contributed by atoms with Gasteiger partial charge in [0, 0.05) is 23.8 Å². The van der Waals surface area contributed by atoms with Crippen molar-refractivity contribution in [3.63, 3.8) is 0 Å². The summed E-state index contributed by atoms with van der Waals surface area (Å²) in [7, 11) is 1.67. The number of rotatable bonds is 5. The largest absolute Gasteiger partial charge is 0.452 e. The van der Waals surface area contributed by atoms with Gasteiger partial charge in [-0.15, -0.1) is 0 Å². The fraction of sp³-hybridized carbons (Fsp3) is 0.222. The van der Waals surface area contributed by atoms with Crippen LogP contribution in [0.1, 0.15) is 21.5 Å². The van der Waals surface area contributed by atoms with Crippen LogP contribution in [0.25, 0.3) is 0 Å². The van der Waals surface area contributed by atoms with Gasteiger partial charge in [0.1, 0.15) is 0 Å². The fourth-order valence-electron chi connectivity index (χ4n) is 2.08. The van der Waals surface area contributed by atoms with Crippen molar-refractivity contribution in [3.8, 4) is 0 Å². The van der Waals surface area contributed by atoms with E-state index in [1.54, 1.807) is 25.2 Å². The van der Waals surface area contributed by atoms with Crippen molar-refractivity contribution >= 4 is 33.5 Å². The maximum absolute atomic E-state index is 12.1. The summed E-state index contributed by atoms with van der Waals surface area (Å²) in [6.07, 6.45) is 0. The van der Waals surface area contributed by atoms with Gasteiger partial charge in [-0.25, -0.2) is 4.79 Å². The Bertz CT molecular complexity index is 744. The molecule has 0 aliphatic heterocycles. The number of carbonyl (C=O) groups is 2. The molecule has 0 saturated heterocycles. The molecule has 0 spiro atoms. The second kappa shape index (κ2) is 7.97. The number of amides is 1. The van der Waals surface area contributed by atoms with Gasteiger partial charge in [0.25, 0.3) is 5.91 Å². The molecule has 0 aliphatic carbocycles. The lowest BCUT2D eigenvalue weighted by Crippen LogP contribution is -2.30. The van der Waals surface area contributed by atoms with Gasteiger partial charge in [0.15, 0.2) is 6.61 Å². The Balaban J connectivity index is 1.91. The minimum Gasteiger partial charge on any atom is -0.452 e. The molecule has 0 radical (unpaired) electrons. The van der Waals surface area contributed by atoms with Gasteiger partial charge in [-0.3, -0.25) is 4.79 Å². The quantitative estimate of drug-likeness (QED) is 0.628. The number of benzene rings is 2. The Morgan fingerprint density at radius 3 is 2.50 bits per heavy atom. The molecule has 6 heteroatoms. The highest BCUT2D eigenvalue weighted by molar-refractivity contribution is 9.10. The van der Waals surface area contributed by atoms with Crippen molar-refractivity contribution in [2.24, 2.45) is 0 Å². The van der Waals surface area contributed by atoms with Crippen molar-refractivity contribution in [2.75, 3.05) is 19.4 Å². The summed E-state index contributed by atoms with van der Waals surface area (Å²) in [6.45, 7) is 2.13.